The van der Waals surface area contributed by atoms with E-state index in [1.807, 2.05) is 6.08 Å². The fraction of sp³-hybridized carbons (Fsp3) is 0.846. The molecule has 1 aliphatic rings. The van der Waals surface area contributed by atoms with Crippen LogP contribution in [0, 0.1) is 5.92 Å². The summed E-state index contributed by atoms with van der Waals surface area (Å²) >= 11 is 0. The Balaban J connectivity index is 2.03. The van der Waals surface area contributed by atoms with Gasteiger partial charge in [0.1, 0.15) is 0 Å². The molecule has 2 unspecified atom stereocenters. The van der Waals surface area contributed by atoms with Crippen molar-refractivity contribution in [1.29, 1.82) is 0 Å². The maximum Gasteiger partial charge on any atom is 0.0591 e. The van der Waals surface area contributed by atoms with Crippen LogP contribution in [0.25, 0.3) is 0 Å². The summed E-state index contributed by atoms with van der Waals surface area (Å²) in [4.78, 5) is 0. The van der Waals surface area contributed by atoms with E-state index in [1.54, 1.807) is 0 Å². The lowest BCUT2D eigenvalue weighted by atomic mass is 9.84. The summed E-state index contributed by atoms with van der Waals surface area (Å²) < 4.78 is 5.47. The highest BCUT2D eigenvalue weighted by Gasteiger charge is 2.22. The van der Waals surface area contributed by atoms with Gasteiger partial charge in [-0.05, 0) is 31.7 Å². The van der Waals surface area contributed by atoms with E-state index in [0.29, 0.717) is 12.0 Å². The van der Waals surface area contributed by atoms with Gasteiger partial charge in [-0.2, -0.15) is 0 Å². The first-order chi connectivity index (χ1) is 7.88. The van der Waals surface area contributed by atoms with Crippen molar-refractivity contribution in [1.82, 2.24) is 5.32 Å². The molecule has 0 saturated heterocycles. The highest BCUT2D eigenvalue weighted by molar-refractivity contribution is 4.81. The van der Waals surface area contributed by atoms with E-state index in [1.165, 1.54) is 25.7 Å². The van der Waals surface area contributed by atoms with Gasteiger partial charge in [0.05, 0.1) is 13.2 Å². The van der Waals surface area contributed by atoms with Crippen LogP contribution in [0.15, 0.2) is 12.7 Å². The van der Waals surface area contributed by atoms with E-state index in [4.69, 9.17) is 10.5 Å². The van der Waals surface area contributed by atoms with Gasteiger partial charge in [0.2, 0.25) is 0 Å². The predicted molar refractivity (Wildman–Crippen MR) is 68.4 cm³/mol. The van der Waals surface area contributed by atoms with Gasteiger partial charge in [-0.25, -0.2) is 0 Å². The first-order valence-corrected chi connectivity index (χ1v) is 6.50. The summed E-state index contributed by atoms with van der Waals surface area (Å²) in [5, 5.41) is 3.57. The van der Waals surface area contributed by atoms with Crippen LogP contribution in [0.3, 0.4) is 0 Å². The molecule has 0 aromatic heterocycles. The molecule has 1 aliphatic carbocycles. The Bertz CT molecular complexity index is 185. The first-order valence-electron chi connectivity index (χ1n) is 6.50. The van der Waals surface area contributed by atoms with Crippen LogP contribution in [0.2, 0.25) is 0 Å². The predicted octanol–water partition coefficient (Wildman–Crippen LogP) is 1.69. The lowest BCUT2D eigenvalue weighted by Crippen LogP contribution is -2.43. The molecule has 3 heteroatoms. The Morgan fingerprint density at radius 2 is 2.12 bits per heavy atom. The van der Waals surface area contributed by atoms with Gasteiger partial charge in [-0.3, -0.25) is 0 Å². The smallest absolute Gasteiger partial charge is 0.0591 e. The summed E-state index contributed by atoms with van der Waals surface area (Å²) in [5.41, 5.74) is 5.78. The van der Waals surface area contributed by atoms with Crippen molar-refractivity contribution in [2.24, 2.45) is 11.7 Å². The second kappa shape index (κ2) is 8.74. The molecule has 0 aromatic rings. The first kappa shape index (κ1) is 13.7. The Morgan fingerprint density at radius 3 is 2.88 bits per heavy atom. The normalized spacial score (nSPS) is 25.6. The molecule has 3 nitrogen and oxygen atoms in total. The van der Waals surface area contributed by atoms with E-state index in [-0.39, 0.29) is 0 Å². The van der Waals surface area contributed by atoms with Gasteiger partial charge in [0.25, 0.3) is 0 Å². The molecule has 1 rings (SSSR count). The zero-order valence-corrected chi connectivity index (χ0v) is 10.3. The molecule has 3 N–H and O–H groups in total. The van der Waals surface area contributed by atoms with Crippen molar-refractivity contribution in [3.8, 4) is 0 Å². The zero-order chi connectivity index (χ0) is 11.6. The average Bonchev–Trinajstić information content (AvgIpc) is 2.34. The molecular formula is C13H26N2O. The van der Waals surface area contributed by atoms with Crippen LogP contribution < -0.4 is 11.1 Å². The number of rotatable bonds is 8. The van der Waals surface area contributed by atoms with Crippen molar-refractivity contribution < 1.29 is 4.74 Å². The molecule has 1 saturated carbocycles. The minimum Gasteiger partial charge on any atom is -0.380 e. The van der Waals surface area contributed by atoms with Crippen LogP contribution in [0.5, 0.6) is 0 Å². The van der Waals surface area contributed by atoms with Crippen molar-refractivity contribution in [2.45, 2.75) is 38.1 Å². The Morgan fingerprint density at radius 1 is 1.31 bits per heavy atom. The van der Waals surface area contributed by atoms with E-state index in [2.05, 4.69) is 11.9 Å². The van der Waals surface area contributed by atoms with Crippen LogP contribution in [-0.4, -0.2) is 32.3 Å². The van der Waals surface area contributed by atoms with Crippen LogP contribution in [0.1, 0.15) is 32.1 Å². The highest BCUT2D eigenvalue weighted by Crippen LogP contribution is 2.23. The molecule has 2 atom stereocenters. The standard InChI is InChI=1S/C13H26N2O/c1-2-3-9-16-10-8-15-13-7-5-4-6-12(13)11-14/h2,12-13,15H,1,3-11,14H2. The van der Waals surface area contributed by atoms with Gasteiger partial charge in [-0.1, -0.05) is 18.9 Å². The molecular weight excluding hydrogens is 200 g/mol. The van der Waals surface area contributed by atoms with Gasteiger partial charge in [0, 0.05) is 12.6 Å². The minimum atomic E-state index is 0.613. The molecule has 16 heavy (non-hydrogen) atoms. The largest absolute Gasteiger partial charge is 0.380 e. The second-order valence-electron chi connectivity index (χ2n) is 4.53. The number of ether oxygens (including phenoxy) is 1. The Labute approximate surface area is 99.4 Å². The van der Waals surface area contributed by atoms with Crippen LogP contribution >= 0.6 is 0 Å². The third-order valence-corrected chi connectivity index (χ3v) is 3.33. The number of hydrogen-bond donors (Lipinski definition) is 2. The molecule has 1 fully saturated rings. The molecule has 0 aromatic carbocycles. The van der Waals surface area contributed by atoms with Gasteiger partial charge >= 0.3 is 0 Å². The number of nitrogens with two attached hydrogens (primary N) is 1. The Hall–Kier alpha value is -0.380. The van der Waals surface area contributed by atoms with Crippen LogP contribution in [-0.2, 0) is 4.74 Å². The molecule has 0 bridgehead atoms. The monoisotopic (exact) mass is 226 g/mol. The summed E-state index contributed by atoms with van der Waals surface area (Å²) in [7, 11) is 0. The van der Waals surface area contributed by atoms with E-state index < -0.39 is 0 Å². The third kappa shape index (κ3) is 5.10. The quantitative estimate of drug-likeness (QED) is 0.489. The zero-order valence-electron chi connectivity index (χ0n) is 10.3. The lowest BCUT2D eigenvalue weighted by molar-refractivity contribution is 0.132. The van der Waals surface area contributed by atoms with Gasteiger partial charge in [-0.15, -0.1) is 6.58 Å². The number of hydrogen-bond acceptors (Lipinski definition) is 3. The summed E-state index contributed by atoms with van der Waals surface area (Å²) in [6, 6.07) is 0.613. The van der Waals surface area contributed by atoms with Crippen molar-refractivity contribution in [3.05, 3.63) is 12.7 Å². The molecule has 0 spiro atoms. The maximum atomic E-state index is 5.78. The summed E-state index contributed by atoms with van der Waals surface area (Å²) in [6.45, 7) is 7.00. The average molecular weight is 226 g/mol. The maximum absolute atomic E-state index is 5.78. The topological polar surface area (TPSA) is 47.3 Å². The SMILES string of the molecule is C=CCCOCCNC1CCCCC1CN. The summed E-state index contributed by atoms with van der Waals surface area (Å²) in [6.07, 6.45) is 8.06. The second-order valence-corrected chi connectivity index (χ2v) is 4.53. The van der Waals surface area contributed by atoms with E-state index in [0.717, 1.165) is 32.7 Å². The van der Waals surface area contributed by atoms with Crippen molar-refractivity contribution >= 4 is 0 Å². The molecule has 0 heterocycles. The minimum absolute atomic E-state index is 0.613. The Kier molecular flexibility index (Phi) is 7.47. The van der Waals surface area contributed by atoms with Gasteiger partial charge in [0.15, 0.2) is 0 Å². The van der Waals surface area contributed by atoms with E-state index >= 15 is 0 Å². The van der Waals surface area contributed by atoms with Gasteiger partial charge < -0.3 is 15.8 Å². The molecule has 0 aliphatic heterocycles. The third-order valence-electron chi connectivity index (χ3n) is 3.33. The molecule has 0 amide bonds. The van der Waals surface area contributed by atoms with Crippen LogP contribution in [0.4, 0.5) is 0 Å². The van der Waals surface area contributed by atoms with Crippen molar-refractivity contribution in [2.75, 3.05) is 26.3 Å². The van der Waals surface area contributed by atoms with E-state index in [9.17, 15) is 0 Å². The van der Waals surface area contributed by atoms with Crippen molar-refractivity contribution in [3.63, 3.8) is 0 Å². The fourth-order valence-electron chi connectivity index (χ4n) is 2.34. The molecule has 94 valence electrons. The molecule has 0 radical (unpaired) electrons. The summed E-state index contributed by atoms with van der Waals surface area (Å²) in [5.74, 6) is 0.668. The lowest BCUT2D eigenvalue weighted by Gasteiger charge is -2.31. The fourth-order valence-corrected chi connectivity index (χ4v) is 2.34. The number of nitrogens with one attached hydrogen (secondary N) is 1. The highest BCUT2D eigenvalue weighted by atomic mass is 16.5.